The molecule has 2 rings (SSSR count). The van der Waals surface area contributed by atoms with E-state index in [0.717, 1.165) is 0 Å². The first-order chi connectivity index (χ1) is 9.86. The average molecular weight is 322 g/mol. The summed E-state index contributed by atoms with van der Waals surface area (Å²) in [4.78, 5) is 19.1. The van der Waals surface area contributed by atoms with Gasteiger partial charge >= 0.3 is 11.4 Å². The summed E-state index contributed by atoms with van der Waals surface area (Å²) in [6.07, 6.45) is 1.24. The van der Waals surface area contributed by atoms with E-state index in [1.165, 1.54) is 0 Å². The number of nitrogens with zero attached hydrogens (tertiary/aromatic N) is 2. The molecule has 1 unspecified atom stereocenters. The molecule has 0 saturated carbocycles. The van der Waals surface area contributed by atoms with E-state index in [-0.39, 0.29) is 12.7 Å². The van der Waals surface area contributed by atoms with Crippen LogP contribution in [0.1, 0.15) is 12.8 Å². The fraction of sp³-hybridized carbons (Fsp3) is 0.400. The summed E-state index contributed by atoms with van der Waals surface area (Å²) in [5.74, 6) is -6.01. The average Bonchev–Trinajstić information content (AvgIpc) is 2.44. The van der Waals surface area contributed by atoms with E-state index in [0.29, 0.717) is 12.8 Å². The van der Waals surface area contributed by atoms with Gasteiger partial charge in [-0.15, -0.1) is 0 Å². The van der Waals surface area contributed by atoms with Crippen molar-refractivity contribution >= 4 is 25.6 Å². The third kappa shape index (κ3) is 2.61. The molecule has 1 aromatic rings. The van der Waals surface area contributed by atoms with Crippen molar-refractivity contribution in [2.24, 2.45) is 0 Å². The number of hydrogen-bond acceptors (Lipinski definition) is 5. The molecule has 0 bridgehead atoms. The van der Waals surface area contributed by atoms with Crippen LogP contribution in [-0.4, -0.2) is 25.5 Å². The molecular formula is C10H9F3N2O5Si. The van der Waals surface area contributed by atoms with Gasteiger partial charge < -0.3 is 4.43 Å². The van der Waals surface area contributed by atoms with E-state index in [1.807, 2.05) is 0 Å². The fourth-order valence-corrected chi connectivity index (χ4v) is 4.96. The Morgan fingerprint density at radius 3 is 2.05 bits per heavy atom. The summed E-state index contributed by atoms with van der Waals surface area (Å²) in [6.45, 7) is 0.209. The van der Waals surface area contributed by atoms with Gasteiger partial charge in [0.15, 0.2) is 5.82 Å². The Morgan fingerprint density at radius 2 is 1.57 bits per heavy atom. The van der Waals surface area contributed by atoms with Crippen LogP contribution in [0, 0.1) is 37.7 Å². The van der Waals surface area contributed by atoms with Gasteiger partial charge in [-0.05, 0) is 12.5 Å². The highest BCUT2D eigenvalue weighted by atomic mass is 28.3. The van der Waals surface area contributed by atoms with E-state index in [9.17, 15) is 33.4 Å². The second kappa shape index (κ2) is 5.77. The Balaban J connectivity index is 2.77. The van der Waals surface area contributed by atoms with E-state index < -0.39 is 52.9 Å². The molecule has 0 amide bonds. The summed E-state index contributed by atoms with van der Waals surface area (Å²) in [6, 6.07) is 0.264. The standard InChI is InChI=1S/C10H9F3N2O5Si/c11-5-6(12)8(14(16)17)9(15(18)19)10(7(5)13)21-4-2-1-3-20-21/h21H,1-4H2. The van der Waals surface area contributed by atoms with Crippen molar-refractivity contribution in [3.05, 3.63) is 37.7 Å². The zero-order chi connectivity index (χ0) is 15.7. The SMILES string of the molecule is O=[N+]([O-])c1c(F)c(F)c(F)c([SiH]2CCCCO2)c1[N+](=O)[O-]. The molecule has 1 atom stereocenters. The highest BCUT2D eigenvalue weighted by molar-refractivity contribution is 6.69. The molecule has 114 valence electrons. The van der Waals surface area contributed by atoms with E-state index >= 15 is 0 Å². The Morgan fingerprint density at radius 1 is 0.952 bits per heavy atom. The minimum Gasteiger partial charge on any atom is -0.415 e. The summed E-state index contributed by atoms with van der Waals surface area (Å²) in [7, 11) is -2.77. The normalized spacial score (nSPS) is 18.5. The van der Waals surface area contributed by atoms with Gasteiger partial charge in [0, 0.05) is 6.61 Å². The predicted molar refractivity (Wildman–Crippen MR) is 66.4 cm³/mol. The van der Waals surface area contributed by atoms with Crippen LogP contribution in [0.2, 0.25) is 6.04 Å². The number of nitro benzene ring substituents is 2. The number of benzene rings is 1. The van der Waals surface area contributed by atoms with Crippen LogP contribution >= 0.6 is 0 Å². The van der Waals surface area contributed by atoms with Gasteiger partial charge in [0.05, 0.1) is 15.0 Å². The van der Waals surface area contributed by atoms with Gasteiger partial charge in [-0.3, -0.25) is 20.2 Å². The van der Waals surface area contributed by atoms with Gasteiger partial charge in [-0.2, -0.15) is 4.39 Å². The smallest absolute Gasteiger partial charge is 0.384 e. The van der Waals surface area contributed by atoms with Crippen molar-refractivity contribution in [1.29, 1.82) is 0 Å². The second-order valence-electron chi connectivity index (χ2n) is 4.42. The molecule has 11 heteroatoms. The maximum Gasteiger partial charge on any atom is 0.384 e. The van der Waals surface area contributed by atoms with Crippen LogP contribution in [-0.2, 0) is 4.43 Å². The molecule has 1 aromatic carbocycles. The lowest BCUT2D eigenvalue weighted by Gasteiger charge is -2.21. The third-order valence-corrected chi connectivity index (χ3v) is 5.92. The lowest BCUT2D eigenvalue weighted by Crippen LogP contribution is -2.41. The lowest BCUT2D eigenvalue weighted by atomic mass is 10.2. The van der Waals surface area contributed by atoms with Gasteiger partial charge in [-0.1, -0.05) is 6.42 Å². The largest absolute Gasteiger partial charge is 0.415 e. The predicted octanol–water partition coefficient (Wildman–Crippen LogP) is 1.66. The van der Waals surface area contributed by atoms with Crippen molar-refractivity contribution in [3.63, 3.8) is 0 Å². The first-order valence-corrected chi connectivity index (χ1v) is 7.83. The van der Waals surface area contributed by atoms with Crippen LogP contribution in [0.3, 0.4) is 0 Å². The van der Waals surface area contributed by atoms with E-state index in [4.69, 9.17) is 4.43 Å². The number of nitro groups is 2. The summed E-state index contributed by atoms with van der Waals surface area (Å²) < 4.78 is 46.2. The van der Waals surface area contributed by atoms with E-state index in [1.54, 1.807) is 0 Å². The lowest BCUT2D eigenvalue weighted by molar-refractivity contribution is -0.423. The first-order valence-electron chi connectivity index (χ1n) is 5.97. The van der Waals surface area contributed by atoms with Crippen molar-refractivity contribution in [3.8, 4) is 0 Å². The molecule has 1 saturated heterocycles. The molecule has 0 aliphatic carbocycles. The summed E-state index contributed by atoms with van der Waals surface area (Å²) in [5, 5.41) is 21.0. The van der Waals surface area contributed by atoms with Gasteiger partial charge in [-0.25, -0.2) is 8.78 Å². The summed E-state index contributed by atoms with van der Waals surface area (Å²) >= 11 is 0. The molecule has 21 heavy (non-hydrogen) atoms. The van der Waals surface area contributed by atoms with E-state index in [2.05, 4.69) is 0 Å². The van der Waals surface area contributed by atoms with Gasteiger partial charge in [0.2, 0.25) is 20.7 Å². The highest BCUT2D eigenvalue weighted by Gasteiger charge is 2.43. The number of hydrogen-bond donors (Lipinski definition) is 0. The van der Waals surface area contributed by atoms with Crippen LogP contribution in [0.25, 0.3) is 0 Å². The second-order valence-corrected chi connectivity index (χ2v) is 6.89. The quantitative estimate of drug-likeness (QED) is 0.365. The maximum absolute atomic E-state index is 13.9. The highest BCUT2D eigenvalue weighted by Crippen LogP contribution is 2.33. The number of halogens is 3. The maximum atomic E-state index is 13.9. The number of rotatable bonds is 3. The molecule has 1 heterocycles. The van der Waals surface area contributed by atoms with Crippen molar-refractivity contribution in [2.45, 2.75) is 18.9 Å². The van der Waals surface area contributed by atoms with Crippen molar-refractivity contribution in [2.75, 3.05) is 6.61 Å². The minimum atomic E-state index is -2.77. The van der Waals surface area contributed by atoms with Crippen LogP contribution in [0.15, 0.2) is 0 Å². The molecule has 0 spiro atoms. The molecule has 0 radical (unpaired) electrons. The molecule has 1 aliphatic rings. The molecule has 7 nitrogen and oxygen atoms in total. The Hall–Kier alpha value is -2.01. The van der Waals surface area contributed by atoms with Gasteiger partial charge in [0.25, 0.3) is 0 Å². The van der Waals surface area contributed by atoms with Gasteiger partial charge in [0.1, 0.15) is 0 Å². The van der Waals surface area contributed by atoms with Crippen molar-refractivity contribution in [1.82, 2.24) is 0 Å². The zero-order valence-corrected chi connectivity index (χ0v) is 11.6. The molecule has 1 aliphatic heterocycles. The monoisotopic (exact) mass is 322 g/mol. The van der Waals surface area contributed by atoms with Crippen LogP contribution in [0.4, 0.5) is 24.5 Å². The molecule has 0 aromatic heterocycles. The molecule has 1 fully saturated rings. The van der Waals surface area contributed by atoms with Crippen molar-refractivity contribution < 1.29 is 27.4 Å². The topological polar surface area (TPSA) is 95.5 Å². The minimum absolute atomic E-state index is 0.209. The Kier molecular flexibility index (Phi) is 4.23. The molecular weight excluding hydrogens is 313 g/mol. The van der Waals surface area contributed by atoms with Crippen LogP contribution < -0.4 is 5.19 Å². The summed E-state index contributed by atoms with van der Waals surface area (Å²) in [5.41, 5.74) is -2.99. The molecule has 0 N–H and O–H groups in total. The third-order valence-electron chi connectivity index (χ3n) is 3.18. The van der Waals surface area contributed by atoms with Crippen LogP contribution in [0.5, 0.6) is 0 Å². The Bertz CT molecular complexity index is 621. The Labute approximate surface area is 117 Å². The fourth-order valence-electron chi connectivity index (χ4n) is 2.27. The first kappa shape index (κ1) is 15.4. The zero-order valence-electron chi connectivity index (χ0n) is 10.5.